The second-order valence-electron chi connectivity index (χ2n) is 7.57. The summed E-state index contributed by atoms with van der Waals surface area (Å²) in [5, 5.41) is 30.5. The van der Waals surface area contributed by atoms with Crippen LogP contribution in [0.15, 0.2) is 60.7 Å². The van der Waals surface area contributed by atoms with Crippen molar-refractivity contribution in [2.45, 2.75) is 39.4 Å². The van der Waals surface area contributed by atoms with Crippen LogP contribution in [0.2, 0.25) is 0 Å². The molecule has 0 spiro atoms. The van der Waals surface area contributed by atoms with E-state index in [2.05, 4.69) is 0 Å². The first-order chi connectivity index (χ1) is 15.3. The minimum atomic E-state index is -1.09. The van der Waals surface area contributed by atoms with E-state index in [0.717, 1.165) is 12.0 Å². The summed E-state index contributed by atoms with van der Waals surface area (Å²) in [7, 11) is 0. The van der Waals surface area contributed by atoms with Crippen molar-refractivity contribution in [3.63, 3.8) is 0 Å². The van der Waals surface area contributed by atoms with Crippen LogP contribution >= 0.6 is 0 Å². The summed E-state index contributed by atoms with van der Waals surface area (Å²) in [6, 6.07) is 16.7. The Morgan fingerprint density at radius 3 is 2.28 bits per heavy atom. The Kier molecular flexibility index (Phi) is 7.28. The highest BCUT2D eigenvalue weighted by molar-refractivity contribution is 5.97. The molecular weight excluding hydrogens is 408 g/mol. The number of ketones is 1. The van der Waals surface area contributed by atoms with Crippen molar-refractivity contribution in [3.8, 4) is 11.5 Å². The molecule has 0 saturated carbocycles. The van der Waals surface area contributed by atoms with Crippen molar-refractivity contribution in [2.75, 3.05) is 0 Å². The molecule has 0 unspecified atom stereocenters. The minimum absolute atomic E-state index is 0.0348. The molecule has 0 aliphatic rings. The lowest BCUT2D eigenvalue weighted by atomic mass is 9.96. The molecule has 0 aromatic heterocycles. The van der Waals surface area contributed by atoms with Crippen molar-refractivity contribution in [2.24, 2.45) is 0 Å². The molecule has 0 heterocycles. The SMILES string of the molecule is CCCc1c(OCc2ccc([C@H](O)c3ccccc3C(=O)O)cc2)ccc(C(C)=O)c1O. The maximum atomic E-state index is 11.7. The number of Topliss-reactive ketones (excluding diaryl/α,β-unsaturated/α-hetero) is 1. The number of ether oxygens (including phenoxy) is 1. The highest BCUT2D eigenvalue weighted by Gasteiger charge is 2.19. The molecule has 6 nitrogen and oxygen atoms in total. The predicted octanol–water partition coefficient (Wildman–Crippen LogP) is 4.91. The Balaban J connectivity index is 1.77. The zero-order chi connectivity index (χ0) is 23.3. The monoisotopic (exact) mass is 434 g/mol. The number of phenols is 1. The van der Waals surface area contributed by atoms with Gasteiger partial charge in [0, 0.05) is 5.56 Å². The number of aliphatic hydroxyl groups is 1. The van der Waals surface area contributed by atoms with Crippen molar-refractivity contribution in [3.05, 3.63) is 94.0 Å². The number of carbonyl (C=O) groups is 2. The number of hydrogen-bond donors (Lipinski definition) is 3. The first kappa shape index (κ1) is 23.0. The van der Waals surface area contributed by atoms with Crippen LogP contribution in [-0.4, -0.2) is 27.1 Å². The molecule has 0 fully saturated rings. The van der Waals surface area contributed by atoms with Crippen LogP contribution in [0.5, 0.6) is 11.5 Å². The standard InChI is InChI=1S/C26H26O6/c1-3-6-22-23(14-13-19(16(2)27)25(22)29)32-15-17-9-11-18(12-10-17)24(28)20-7-4-5-8-21(20)26(30)31/h4-5,7-14,24,28-29H,3,6,15H2,1-2H3,(H,30,31)/t24-/m0/s1. The maximum Gasteiger partial charge on any atom is 0.336 e. The third-order valence-electron chi connectivity index (χ3n) is 5.29. The first-order valence-corrected chi connectivity index (χ1v) is 10.4. The van der Waals surface area contributed by atoms with Crippen LogP contribution in [-0.2, 0) is 13.0 Å². The second-order valence-corrected chi connectivity index (χ2v) is 7.57. The molecule has 1 atom stereocenters. The summed E-state index contributed by atoms with van der Waals surface area (Å²) in [5.41, 5.74) is 2.68. The van der Waals surface area contributed by atoms with Gasteiger partial charge in [-0.1, -0.05) is 55.8 Å². The van der Waals surface area contributed by atoms with Gasteiger partial charge in [-0.25, -0.2) is 4.79 Å². The van der Waals surface area contributed by atoms with Gasteiger partial charge >= 0.3 is 5.97 Å². The Labute approximate surface area is 186 Å². The summed E-state index contributed by atoms with van der Waals surface area (Å²) >= 11 is 0. The zero-order valence-electron chi connectivity index (χ0n) is 18.0. The van der Waals surface area contributed by atoms with Gasteiger partial charge in [0.1, 0.15) is 24.2 Å². The van der Waals surface area contributed by atoms with E-state index < -0.39 is 12.1 Å². The van der Waals surface area contributed by atoms with Crippen LogP contribution in [0.1, 0.15) is 69.3 Å². The fourth-order valence-electron chi connectivity index (χ4n) is 3.60. The van der Waals surface area contributed by atoms with Crippen molar-refractivity contribution in [1.29, 1.82) is 0 Å². The van der Waals surface area contributed by atoms with Gasteiger partial charge in [0.2, 0.25) is 0 Å². The molecule has 3 aromatic rings. The number of aliphatic hydroxyl groups excluding tert-OH is 1. The molecule has 0 aliphatic heterocycles. The van der Waals surface area contributed by atoms with Gasteiger partial charge in [-0.2, -0.15) is 0 Å². The molecule has 6 heteroatoms. The lowest BCUT2D eigenvalue weighted by Gasteiger charge is -2.16. The van der Waals surface area contributed by atoms with Crippen LogP contribution in [0.3, 0.4) is 0 Å². The fourth-order valence-corrected chi connectivity index (χ4v) is 3.60. The summed E-state index contributed by atoms with van der Waals surface area (Å²) in [5.74, 6) is -0.808. The van der Waals surface area contributed by atoms with Crippen LogP contribution in [0.25, 0.3) is 0 Å². The molecule has 32 heavy (non-hydrogen) atoms. The lowest BCUT2D eigenvalue weighted by molar-refractivity contribution is 0.0691. The molecule has 0 radical (unpaired) electrons. The van der Waals surface area contributed by atoms with E-state index in [1.165, 1.54) is 13.0 Å². The summed E-state index contributed by atoms with van der Waals surface area (Å²) in [4.78, 5) is 23.1. The number of carboxylic acids is 1. The minimum Gasteiger partial charge on any atom is -0.507 e. The van der Waals surface area contributed by atoms with Crippen LogP contribution in [0, 0.1) is 0 Å². The fraction of sp³-hybridized carbons (Fsp3) is 0.231. The van der Waals surface area contributed by atoms with Crippen molar-refractivity contribution in [1.82, 2.24) is 0 Å². The highest BCUT2D eigenvalue weighted by Crippen LogP contribution is 2.33. The summed E-state index contributed by atoms with van der Waals surface area (Å²) in [6.07, 6.45) is 0.302. The largest absolute Gasteiger partial charge is 0.507 e. The number of aromatic hydroxyl groups is 1. The number of benzene rings is 3. The van der Waals surface area contributed by atoms with Crippen LogP contribution in [0.4, 0.5) is 0 Å². The van der Waals surface area contributed by atoms with E-state index in [-0.39, 0.29) is 29.3 Å². The molecule has 0 saturated heterocycles. The molecule has 0 amide bonds. The number of phenolic OH excluding ortho intramolecular Hbond substituents is 1. The molecule has 3 aromatic carbocycles. The van der Waals surface area contributed by atoms with E-state index >= 15 is 0 Å². The van der Waals surface area contributed by atoms with Gasteiger partial charge in [0.25, 0.3) is 0 Å². The van der Waals surface area contributed by atoms with Crippen molar-refractivity contribution < 1.29 is 29.6 Å². The quantitative estimate of drug-likeness (QED) is 0.414. The Hall–Kier alpha value is -3.64. The second kappa shape index (κ2) is 10.1. The number of hydrogen-bond acceptors (Lipinski definition) is 5. The van der Waals surface area contributed by atoms with Gasteiger partial charge in [-0.05, 0) is 48.2 Å². The Bertz CT molecular complexity index is 1120. The summed E-state index contributed by atoms with van der Waals surface area (Å²) < 4.78 is 5.92. The smallest absolute Gasteiger partial charge is 0.336 e. The maximum absolute atomic E-state index is 11.7. The predicted molar refractivity (Wildman–Crippen MR) is 120 cm³/mol. The Morgan fingerprint density at radius 1 is 0.969 bits per heavy atom. The van der Waals surface area contributed by atoms with Gasteiger partial charge in [0.05, 0.1) is 11.1 Å². The average molecular weight is 434 g/mol. The van der Waals surface area contributed by atoms with E-state index in [9.17, 15) is 24.9 Å². The van der Waals surface area contributed by atoms with Gasteiger partial charge in [-0.15, -0.1) is 0 Å². The van der Waals surface area contributed by atoms with E-state index in [4.69, 9.17) is 4.74 Å². The molecule has 3 rings (SSSR count). The first-order valence-electron chi connectivity index (χ1n) is 10.4. The zero-order valence-corrected chi connectivity index (χ0v) is 18.0. The van der Waals surface area contributed by atoms with E-state index in [0.29, 0.717) is 28.9 Å². The molecule has 3 N–H and O–H groups in total. The number of aromatic carboxylic acids is 1. The topological polar surface area (TPSA) is 104 Å². The normalized spacial score (nSPS) is 11.7. The van der Waals surface area contributed by atoms with Crippen LogP contribution < -0.4 is 4.74 Å². The van der Waals surface area contributed by atoms with Crippen molar-refractivity contribution >= 4 is 11.8 Å². The third-order valence-corrected chi connectivity index (χ3v) is 5.29. The van der Waals surface area contributed by atoms with Gasteiger partial charge in [0.15, 0.2) is 5.78 Å². The third kappa shape index (κ3) is 4.98. The average Bonchev–Trinajstić information content (AvgIpc) is 2.79. The number of rotatable bonds is 9. The van der Waals surface area contributed by atoms with Gasteiger partial charge < -0.3 is 20.1 Å². The number of carbonyl (C=O) groups excluding carboxylic acids is 1. The molecule has 166 valence electrons. The Morgan fingerprint density at radius 2 is 1.66 bits per heavy atom. The van der Waals surface area contributed by atoms with Gasteiger partial charge in [-0.3, -0.25) is 4.79 Å². The summed E-state index contributed by atoms with van der Waals surface area (Å²) in [6.45, 7) is 3.63. The molecule has 0 aliphatic carbocycles. The van der Waals surface area contributed by atoms with E-state index in [1.807, 2.05) is 6.92 Å². The van der Waals surface area contributed by atoms with E-state index in [1.54, 1.807) is 54.6 Å². The molecule has 0 bridgehead atoms. The number of carboxylic acid groups (broad SMARTS) is 1. The molecular formula is C26H26O6. The highest BCUT2D eigenvalue weighted by atomic mass is 16.5. The lowest BCUT2D eigenvalue weighted by Crippen LogP contribution is -2.08.